The van der Waals surface area contributed by atoms with E-state index >= 15 is 0 Å². The minimum Gasteiger partial charge on any atom is -0.335 e. The molecule has 0 radical (unpaired) electrons. The molecule has 0 saturated carbocycles. The summed E-state index contributed by atoms with van der Waals surface area (Å²) in [5.74, 6) is 0.840. The van der Waals surface area contributed by atoms with E-state index in [1.165, 1.54) is 5.56 Å². The molecule has 1 saturated heterocycles. The van der Waals surface area contributed by atoms with Gasteiger partial charge in [0.2, 0.25) is 5.91 Å². The molecule has 0 unspecified atom stereocenters. The molecule has 2 heteroatoms. The average molecular weight is 259 g/mol. The summed E-state index contributed by atoms with van der Waals surface area (Å²) in [6.07, 6.45) is 1.99. The third-order valence-electron chi connectivity index (χ3n) is 4.56. The number of amides is 1. The molecule has 1 fully saturated rings. The SMILES string of the molecule is CCC(C)(C)C(=O)N1CC[C@H](C)[C@H]1c1ccccc1. The van der Waals surface area contributed by atoms with Crippen LogP contribution in [0.25, 0.3) is 0 Å². The number of benzene rings is 1. The summed E-state index contributed by atoms with van der Waals surface area (Å²) in [5.41, 5.74) is 1.02. The number of hydrogen-bond donors (Lipinski definition) is 0. The molecule has 1 aliphatic rings. The summed E-state index contributed by atoms with van der Waals surface area (Å²) < 4.78 is 0. The smallest absolute Gasteiger partial charge is 0.228 e. The highest BCUT2D eigenvalue weighted by Gasteiger charge is 2.40. The molecule has 104 valence electrons. The Labute approximate surface area is 116 Å². The van der Waals surface area contributed by atoms with Crippen LogP contribution in [0.4, 0.5) is 0 Å². The minimum absolute atomic E-state index is 0.250. The largest absolute Gasteiger partial charge is 0.335 e. The van der Waals surface area contributed by atoms with Gasteiger partial charge in [-0.3, -0.25) is 4.79 Å². The summed E-state index contributed by atoms with van der Waals surface area (Å²) in [6, 6.07) is 10.7. The van der Waals surface area contributed by atoms with Crippen LogP contribution in [0.5, 0.6) is 0 Å². The molecule has 19 heavy (non-hydrogen) atoms. The first-order valence-electron chi connectivity index (χ1n) is 7.33. The van der Waals surface area contributed by atoms with Crippen molar-refractivity contribution in [2.45, 2.75) is 46.6 Å². The third kappa shape index (κ3) is 2.68. The Morgan fingerprint density at radius 1 is 1.32 bits per heavy atom. The standard InChI is InChI=1S/C17H25NO/c1-5-17(3,4)16(19)18-12-11-13(2)15(18)14-9-7-6-8-10-14/h6-10,13,15H,5,11-12H2,1-4H3/t13-,15-/m0/s1. The van der Waals surface area contributed by atoms with Crippen molar-refractivity contribution in [1.82, 2.24) is 4.90 Å². The van der Waals surface area contributed by atoms with E-state index in [0.29, 0.717) is 11.8 Å². The fourth-order valence-corrected chi connectivity index (χ4v) is 2.87. The van der Waals surface area contributed by atoms with E-state index in [2.05, 4.69) is 56.9 Å². The Kier molecular flexibility index (Phi) is 3.98. The van der Waals surface area contributed by atoms with Crippen LogP contribution in [0.1, 0.15) is 52.1 Å². The Bertz CT molecular complexity index is 438. The number of carbonyl (C=O) groups excluding carboxylic acids is 1. The maximum Gasteiger partial charge on any atom is 0.228 e. The summed E-state index contributed by atoms with van der Waals surface area (Å²) in [7, 11) is 0. The lowest BCUT2D eigenvalue weighted by Gasteiger charge is -2.34. The van der Waals surface area contributed by atoms with Crippen molar-refractivity contribution in [3.8, 4) is 0 Å². The summed E-state index contributed by atoms with van der Waals surface area (Å²) in [4.78, 5) is 14.9. The minimum atomic E-state index is -0.253. The second-order valence-corrected chi connectivity index (χ2v) is 6.36. The van der Waals surface area contributed by atoms with Crippen molar-refractivity contribution in [3.63, 3.8) is 0 Å². The van der Waals surface area contributed by atoms with Gasteiger partial charge in [0, 0.05) is 12.0 Å². The van der Waals surface area contributed by atoms with E-state index in [4.69, 9.17) is 0 Å². The van der Waals surface area contributed by atoms with Crippen molar-refractivity contribution in [2.24, 2.45) is 11.3 Å². The molecule has 2 nitrogen and oxygen atoms in total. The highest BCUT2D eigenvalue weighted by atomic mass is 16.2. The number of nitrogens with zero attached hydrogens (tertiary/aromatic N) is 1. The molecular weight excluding hydrogens is 234 g/mol. The molecule has 0 N–H and O–H groups in total. The van der Waals surface area contributed by atoms with Gasteiger partial charge in [-0.25, -0.2) is 0 Å². The zero-order valence-corrected chi connectivity index (χ0v) is 12.5. The van der Waals surface area contributed by atoms with Crippen molar-refractivity contribution in [2.75, 3.05) is 6.54 Å². The van der Waals surface area contributed by atoms with Gasteiger partial charge in [-0.15, -0.1) is 0 Å². The number of rotatable bonds is 3. The molecule has 1 amide bonds. The topological polar surface area (TPSA) is 20.3 Å². The predicted molar refractivity (Wildman–Crippen MR) is 78.7 cm³/mol. The molecule has 1 aliphatic heterocycles. The zero-order chi connectivity index (χ0) is 14.0. The molecule has 0 bridgehead atoms. The number of hydrogen-bond acceptors (Lipinski definition) is 1. The first-order chi connectivity index (χ1) is 8.97. The third-order valence-corrected chi connectivity index (χ3v) is 4.56. The molecule has 1 aromatic rings. The van der Waals surface area contributed by atoms with Crippen molar-refractivity contribution in [3.05, 3.63) is 35.9 Å². The van der Waals surface area contributed by atoms with E-state index in [9.17, 15) is 4.79 Å². The summed E-state index contributed by atoms with van der Waals surface area (Å²) >= 11 is 0. The van der Waals surface area contributed by atoms with E-state index in [-0.39, 0.29) is 11.5 Å². The highest BCUT2D eigenvalue weighted by molar-refractivity contribution is 5.82. The lowest BCUT2D eigenvalue weighted by atomic mass is 9.87. The Morgan fingerprint density at radius 2 is 1.95 bits per heavy atom. The normalized spacial score (nSPS) is 23.7. The number of carbonyl (C=O) groups is 1. The molecular formula is C17H25NO. The van der Waals surface area contributed by atoms with Crippen LogP contribution in [-0.4, -0.2) is 17.4 Å². The summed E-state index contributed by atoms with van der Waals surface area (Å²) in [6.45, 7) is 9.35. The van der Waals surface area contributed by atoms with E-state index in [1.54, 1.807) is 0 Å². The molecule has 0 aromatic heterocycles. The van der Waals surface area contributed by atoms with Crippen LogP contribution < -0.4 is 0 Å². The van der Waals surface area contributed by atoms with Crippen molar-refractivity contribution in [1.29, 1.82) is 0 Å². The highest BCUT2D eigenvalue weighted by Crippen LogP contribution is 2.39. The predicted octanol–water partition coefficient (Wildman–Crippen LogP) is 4.03. The summed E-state index contributed by atoms with van der Waals surface area (Å²) in [5, 5.41) is 0. The fourth-order valence-electron chi connectivity index (χ4n) is 2.87. The first-order valence-corrected chi connectivity index (χ1v) is 7.33. The van der Waals surface area contributed by atoms with Gasteiger partial charge < -0.3 is 4.90 Å². The quantitative estimate of drug-likeness (QED) is 0.802. The number of likely N-dealkylation sites (tertiary alicyclic amines) is 1. The van der Waals surface area contributed by atoms with Crippen LogP contribution in [0.15, 0.2) is 30.3 Å². The molecule has 1 heterocycles. The molecule has 2 rings (SSSR count). The maximum atomic E-state index is 12.8. The Balaban J connectivity index is 2.28. The van der Waals surface area contributed by atoms with Gasteiger partial charge in [0.25, 0.3) is 0 Å². The van der Waals surface area contributed by atoms with E-state index in [0.717, 1.165) is 19.4 Å². The van der Waals surface area contributed by atoms with Crippen molar-refractivity contribution < 1.29 is 4.79 Å². The van der Waals surface area contributed by atoms with E-state index < -0.39 is 0 Å². The molecule has 0 spiro atoms. The van der Waals surface area contributed by atoms with Crippen LogP contribution in [-0.2, 0) is 4.79 Å². The van der Waals surface area contributed by atoms with Crippen molar-refractivity contribution >= 4 is 5.91 Å². The lowest BCUT2D eigenvalue weighted by Crippen LogP contribution is -2.40. The Hall–Kier alpha value is -1.31. The van der Waals surface area contributed by atoms with Gasteiger partial charge in [0.15, 0.2) is 0 Å². The zero-order valence-electron chi connectivity index (χ0n) is 12.5. The van der Waals surface area contributed by atoms with Crippen LogP contribution in [0.3, 0.4) is 0 Å². The van der Waals surface area contributed by atoms with Gasteiger partial charge >= 0.3 is 0 Å². The average Bonchev–Trinajstić information content (AvgIpc) is 2.80. The van der Waals surface area contributed by atoms with Crippen LogP contribution in [0, 0.1) is 11.3 Å². The van der Waals surface area contributed by atoms with Gasteiger partial charge in [0.05, 0.1) is 6.04 Å². The van der Waals surface area contributed by atoms with Gasteiger partial charge in [-0.2, -0.15) is 0 Å². The second kappa shape index (κ2) is 5.36. The second-order valence-electron chi connectivity index (χ2n) is 6.36. The first kappa shape index (κ1) is 14.1. The van der Waals surface area contributed by atoms with Gasteiger partial charge in [0.1, 0.15) is 0 Å². The monoisotopic (exact) mass is 259 g/mol. The molecule has 2 atom stereocenters. The maximum absolute atomic E-state index is 12.8. The van der Waals surface area contributed by atoms with Crippen LogP contribution >= 0.6 is 0 Å². The van der Waals surface area contributed by atoms with Crippen LogP contribution in [0.2, 0.25) is 0 Å². The molecule has 0 aliphatic carbocycles. The van der Waals surface area contributed by atoms with E-state index in [1.807, 2.05) is 6.07 Å². The van der Waals surface area contributed by atoms with Gasteiger partial charge in [-0.05, 0) is 24.3 Å². The Morgan fingerprint density at radius 3 is 2.53 bits per heavy atom. The lowest BCUT2D eigenvalue weighted by molar-refractivity contribution is -0.141. The fraction of sp³-hybridized carbons (Fsp3) is 0.588. The van der Waals surface area contributed by atoms with Gasteiger partial charge in [-0.1, -0.05) is 58.0 Å². The molecule has 1 aromatic carbocycles.